The van der Waals surface area contributed by atoms with Crippen LogP contribution in [0.5, 0.6) is 0 Å². The second-order valence-electron chi connectivity index (χ2n) is 4.94. The molecule has 8 heteroatoms. The Balaban J connectivity index is 2.18. The summed E-state index contributed by atoms with van der Waals surface area (Å²) in [5, 5.41) is 7.96. The zero-order valence-electron chi connectivity index (χ0n) is 12.0. The van der Waals surface area contributed by atoms with Gasteiger partial charge in [0.05, 0.1) is 6.54 Å². The maximum Gasteiger partial charge on any atom is 0.243 e. The van der Waals surface area contributed by atoms with E-state index in [2.05, 4.69) is 14.9 Å². The minimum absolute atomic E-state index is 0.0487. The van der Waals surface area contributed by atoms with E-state index in [0.29, 0.717) is 5.82 Å². The smallest absolute Gasteiger partial charge is 0.243 e. The van der Waals surface area contributed by atoms with Gasteiger partial charge in [0.15, 0.2) is 0 Å². The van der Waals surface area contributed by atoms with Gasteiger partial charge >= 0.3 is 0 Å². The molecule has 6 nitrogen and oxygen atoms in total. The van der Waals surface area contributed by atoms with Crippen molar-refractivity contribution in [2.24, 2.45) is 7.05 Å². The summed E-state index contributed by atoms with van der Waals surface area (Å²) in [6.07, 6.45) is 0. The average molecular weight is 312 g/mol. The summed E-state index contributed by atoms with van der Waals surface area (Å²) in [5.41, 5.74) is 0. The SMILES string of the molecule is CC(C)c1nnc(CNS(=O)(=O)c2ccccc2F)n1C. The monoisotopic (exact) mass is 312 g/mol. The maximum atomic E-state index is 13.5. The van der Waals surface area contributed by atoms with Crippen molar-refractivity contribution in [1.29, 1.82) is 0 Å². The Kier molecular flexibility index (Phi) is 4.38. The van der Waals surface area contributed by atoms with Crippen LogP contribution in [0.2, 0.25) is 0 Å². The molecular weight excluding hydrogens is 295 g/mol. The van der Waals surface area contributed by atoms with Crippen molar-refractivity contribution >= 4 is 10.0 Å². The van der Waals surface area contributed by atoms with Gasteiger partial charge in [0.1, 0.15) is 22.4 Å². The first-order valence-electron chi connectivity index (χ1n) is 6.45. The fraction of sp³-hybridized carbons (Fsp3) is 0.385. The molecule has 0 saturated heterocycles. The summed E-state index contributed by atoms with van der Waals surface area (Å²) in [5.74, 6) is 0.624. The van der Waals surface area contributed by atoms with Crippen LogP contribution in [-0.4, -0.2) is 23.2 Å². The third-order valence-electron chi connectivity index (χ3n) is 3.06. The lowest BCUT2D eigenvalue weighted by atomic mass is 10.2. The maximum absolute atomic E-state index is 13.5. The molecule has 0 aliphatic carbocycles. The summed E-state index contributed by atoms with van der Waals surface area (Å²) in [7, 11) is -2.16. The summed E-state index contributed by atoms with van der Waals surface area (Å²) in [6.45, 7) is 3.89. The van der Waals surface area contributed by atoms with Crippen molar-refractivity contribution in [2.45, 2.75) is 31.2 Å². The Morgan fingerprint density at radius 3 is 2.52 bits per heavy atom. The standard InChI is InChI=1S/C13H17FN4O2S/c1-9(2)13-17-16-12(18(13)3)8-15-21(19,20)11-7-5-4-6-10(11)14/h4-7,9,15H,8H2,1-3H3. The molecule has 0 amide bonds. The molecule has 0 saturated carbocycles. The van der Waals surface area contributed by atoms with E-state index in [9.17, 15) is 12.8 Å². The Morgan fingerprint density at radius 2 is 1.95 bits per heavy atom. The quantitative estimate of drug-likeness (QED) is 0.909. The lowest BCUT2D eigenvalue weighted by molar-refractivity contribution is 0.554. The Hall–Kier alpha value is -1.80. The number of nitrogens with one attached hydrogen (secondary N) is 1. The molecule has 0 unspecified atom stereocenters. The molecule has 114 valence electrons. The highest BCUT2D eigenvalue weighted by molar-refractivity contribution is 7.89. The van der Waals surface area contributed by atoms with Gasteiger partial charge < -0.3 is 4.57 Å². The largest absolute Gasteiger partial charge is 0.317 e. The number of hydrogen-bond donors (Lipinski definition) is 1. The minimum atomic E-state index is -3.92. The highest BCUT2D eigenvalue weighted by Gasteiger charge is 2.20. The van der Waals surface area contributed by atoms with Gasteiger partial charge in [0, 0.05) is 13.0 Å². The molecule has 0 aliphatic heterocycles. The van der Waals surface area contributed by atoms with E-state index in [1.165, 1.54) is 18.2 Å². The normalized spacial score (nSPS) is 12.0. The molecule has 1 aromatic carbocycles. The van der Waals surface area contributed by atoms with Crippen molar-refractivity contribution in [2.75, 3.05) is 0 Å². The van der Waals surface area contributed by atoms with Gasteiger partial charge in [-0.25, -0.2) is 17.5 Å². The van der Waals surface area contributed by atoms with Gasteiger partial charge in [-0.1, -0.05) is 26.0 Å². The first-order chi connectivity index (χ1) is 9.83. The van der Waals surface area contributed by atoms with Crippen LogP contribution in [0.1, 0.15) is 31.4 Å². The molecule has 0 aliphatic rings. The van der Waals surface area contributed by atoms with Crippen molar-refractivity contribution in [3.05, 3.63) is 41.7 Å². The lowest BCUT2D eigenvalue weighted by Gasteiger charge is -2.08. The molecular formula is C13H17FN4O2S. The number of halogens is 1. The van der Waals surface area contributed by atoms with E-state index in [1.54, 1.807) is 11.6 Å². The predicted molar refractivity (Wildman–Crippen MR) is 75.5 cm³/mol. The minimum Gasteiger partial charge on any atom is -0.317 e. The molecule has 0 radical (unpaired) electrons. The molecule has 2 aromatic rings. The van der Waals surface area contributed by atoms with Crippen LogP contribution in [0.4, 0.5) is 4.39 Å². The summed E-state index contributed by atoms with van der Waals surface area (Å²) < 4.78 is 41.8. The Bertz CT molecular complexity index is 740. The fourth-order valence-corrected chi connectivity index (χ4v) is 2.99. The number of benzene rings is 1. The number of hydrogen-bond acceptors (Lipinski definition) is 4. The predicted octanol–water partition coefficient (Wildman–Crippen LogP) is 1.56. The summed E-state index contributed by atoms with van der Waals surface area (Å²) in [4.78, 5) is -0.378. The van der Waals surface area contributed by atoms with Crippen LogP contribution in [0.25, 0.3) is 0 Å². The molecule has 2 rings (SSSR count). The number of rotatable bonds is 5. The summed E-state index contributed by atoms with van der Waals surface area (Å²) in [6, 6.07) is 5.23. The van der Waals surface area contributed by atoms with Gasteiger partial charge in [0.2, 0.25) is 10.0 Å². The third kappa shape index (κ3) is 3.27. The van der Waals surface area contributed by atoms with Gasteiger partial charge in [-0.2, -0.15) is 0 Å². The molecule has 1 N–H and O–H groups in total. The van der Waals surface area contributed by atoms with Crippen LogP contribution in [0.15, 0.2) is 29.2 Å². The van der Waals surface area contributed by atoms with Crippen LogP contribution in [0, 0.1) is 5.82 Å². The Labute approximate surface area is 123 Å². The summed E-state index contributed by atoms with van der Waals surface area (Å²) >= 11 is 0. The average Bonchev–Trinajstić information content (AvgIpc) is 2.78. The van der Waals surface area contributed by atoms with Crippen LogP contribution < -0.4 is 4.72 Å². The van der Waals surface area contributed by atoms with E-state index < -0.39 is 15.8 Å². The van der Waals surface area contributed by atoms with E-state index >= 15 is 0 Å². The van der Waals surface area contributed by atoms with Gasteiger partial charge in [-0.3, -0.25) is 0 Å². The van der Waals surface area contributed by atoms with Gasteiger partial charge in [-0.05, 0) is 12.1 Å². The van der Waals surface area contributed by atoms with E-state index in [1.807, 2.05) is 13.8 Å². The highest BCUT2D eigenvalue weighted by atomic mass is 32.2. The second kappa shape index (κ2) is 5.90. The highest BCUT2D eigenvalue weighted by Crippen LogP contribution is 2.15. The van der Waals surface area contributed by atoms with Crippen LogP contribution in [0.3, 0.4) is 0 Å². The second-order valence-corrected chi connectivity index (χ2v) is 6.68. The van der Waals surface area contributed by atoms with Gasteiger partial charge in [0.25, 0.3) is 0 Å². The topological polar surface area (TPSA) is 76.9 Å². The third-order valence-corrected chi connectivity index (χ3v) is 4.50. The lowest BCUT2D eigenvalue weighted by Crippen LogP contribution is -2.25. The van der Waals surface area contributed by atoms with Crippen LogP contribution in [-0.2, 0) is 23.6 Å². The van der Waals surface area contributed by atoms with E-state index in [-0.39, 0.29) is 17.4 Å². The van der Waals surface area contributed by atoms with Crippen molar-refractivity contribution in [1.82, 2.24) is 19.5 Å². The first-order valence-corrected chi connectivity index (χ1v) is 7.93. The van der Waals surface area contributed by atoms with E-state index in [4.69, 9.17) is 0 Å². The molecule has 0 atom stereocenters. The molecule has 1 heterocycles. The zero-order chi connectivity index (χ0) is 15.6. The van der Waals surface area contributed by atoms with Crippen LogP contribution >= 0.6 is 0 Å². The molecule has 0 bridgehead atoms. The van der Waals surface area contributed by atoms with Crippen molar-refractivity contribution in [3.63, 3.8) is 0 Å². The Morgan fingerprint density at radius 1 is 1.29 bits per heavy atom. The van der Waals surface area contributed by atoms with Gasteiger partial charge in [-0.15, -0.1) is 10.2 Å². The molecule has 21 heavy (non-hydrogen) atoms. The molecule has 1 aromatic heterocycles. The number of nitrogens with zero attached hydrogens (tertiary/aromatic N) is 3. The van der Waals surface area contributed by atoms with E-state index in [0.717, 1.165) is 11.9 Å². The number of sulfonamides is 1. The zero-order valence-corrected chi connectivity index (χ0v) is 12.9. The molecule has 0 fully saturated rings. The van der Waals surface area contributed by atoms with Crippen molar-refractivity contribution < 1.29 is 12.8 Å². The molecule has 0 spiro atoms. The van der Waals surface area contributed by atoms with Crippen molar-refractivity contribution in [3.8, 4) is 0 Å². The first kappa shape index (κ1) is 15.6. The number of aromatic nitrogens is 3. The fourth-order valence-electron chi connectivity index (χ4n) is 1.93.